The summed E-state index contributed by atoms with van der Waals surface area (Å²) in [6.45, 7) is 2.56. The average Bonchev–Trinajstić information content (AvgIpc) is 2.51. The molecule has 23 heavy (non-hydrogen) atoms. The van der Waals surface area contributed by atoms with Crippen molar-refractivity contribution in [2.45, 2.75) is 12.6 Å². The molecule has 0 saturated heterocycles. The van der Waals surface area contributed by atoms with Crippen LogP contribution in [0.4, 0.5) is 13.2 Å². The first kappa shape index (κ1) is 16.9. The first-order valence-corrected chi connectivity index (χ1v) is 6.89. The molecular weight excluding hydrogens is 309 g/mol. The minimum atomic E-state index is -4.34. The molecule has 0 unspecified atom stereocenters. The smallest absolute Gasteiger partial charge is 0.392 e. The third-order valence-corrected chi connectivity index (χ3v) is 3.08. The number of hydrogen-bond donors (Lipinski definition) is 0. The highest BCUT2D eigenvalue weighted by Gasteiger charge is 2.27. The van der Waals surface area contributed by atoms with Crippen molar-refractivity contribution in [3.8, 4) is 5.75 Å². The van der Waals surface area contributed by atoms with Crippen LogP contribution in [0.1, 0.15) is 12.0 Å². The Morgan fingerprint density at radius 3 is 2.52 bits per heavy atom. The van der Waals surface area contributed by atoms with E-state index in [4.69, 9.17) is 4.74 Å². The van der Waals surface area contributed by atoms with Gasteiger partial charge in [-0.05, 0) is 34.5 Å². The number of ether oxygens (including phenoxy) is 2. The maximum absolute atomic E-state index is 11.9. The molecule has 0 aliphatic heterocycles. The second-order valence-corrected chi connectivity index (χ2v) is 4.85. The molecule has 0 N–H and O–H groups in total. The molecule has 0 aliphatic rings. The zero-order valence-electron chi connectivity index (χ0n) is 12.2. The molecule has 0 heterocycles. The van der Waals surface area contributed by atoms with Gasteiger partial charge < -0.3 is 9.47 Å². The van der Waals surface area contributed by atoms with Crippen LogP contribution in [-0.4, -0.2) is 25.4 Å². The largest absolute Gasteiger partial charge is 0.482 e. The molecule has 0 aliphatic carbocycles. The van der Waals surface area contributed by atoms with Crippen LogP contribution in [0.15, 0.2) is 43.0 Å². The summed E-state index contributed by atoms with van der Waals surface area (Å²) in [4.78, 5) is 11.3. The highest BCUT2D eigenvalue weighted by atomic mass is 19.4. The molecule has 6 heteroatoms. The summed E-state index contributed by atoms with van der Waals surface area (Å²) in [6, 6.07) is 11.0. The first-order chi connectivity index (χ1) is 10.9. The summed E-state index contributed by atoms with van der Waals surface area (Å²) in [6.07, 6.45) is -3.77. The molecule has 2 aromatic rings. The number of rotatable bonds is 6. The minimum absolute atomic E-state index is 0.436. The molecule has 0 aromatic heterocycles. The zero-order chi connectivity index (χ0) is 16.9. The Hall–Kier alpha value is -2.50. The van der Waals surface area contributed by atoms with Gasteiger partial charge in [0.1, 0.15) is 12.4 Å². The Morgan fingerprint density at radius 2 is 1.83 bits per heavy atom. The molecule has 122 valence electrons. The van der Waals surface area contributed by atoms with Crippen LogP contribution in [0, 0.1) is 0 Å². The maximum Gasteiger partial charge on any atom is 0.392 e. The predicted molar refractivity (Wildman–Crippen MR) is 81.2 cm³/mol. The van der Waals surface area contributed by atoms with E-state index in [1.807, 2.05) is 24.3 Å². The summed E-state index contributed by atoms with van der Waals surface area (Å²) in [7, 11) is 0. The standard InChI is InChI=1S/C17H15F3O3/c1-2-12-3-4-14-10-15(6-5-13(14)9-12)23-11-16(21)22-8-7-17(18,19)20/h2-6,9-10H,1,7-8,11H2. The monoisotopic (exact) mass is 324 g/mol. The van der Waals surface area contributed by atoms with Gasteiger partial charge in [-0.3, -0.25) is 0 Å². The van der Waals surface area contributed by atoms with Gasteiger partial charge in [0.2, 0.25) is 0 Å². The lowest BCUT2D eigenvalue weighted by Gasteiger charge is -2.09. The van der Waals surface area contributed by atoms with Crippen molar-refractivity contribution < 1.29 is 27.4 Å². The Kier molecular flexibility index (Phi) is 5.26. The van der Waals surface area contributed by atoms with Crippen LogP contribution in [0.25, 0.3) is 16.8 Å². The van der Waals surface area contributed by atoms with E-state index in [0.29, 0.717) is 5.75 Å². The summed E-state index contributed by atoms with van der Waals surface area (Å²) in [5, 5.41) is 1.90. The van der Waals surface area contributed by atoms with Crippen molar-refractivity contribution in [3.63, 3.8) is 0 Å². The van der Waals surface area contributed by atoms with E-state index >= 15 is 0 Å². The fourth-order valence-electron chi connectivity index (χ4n) is 1.92. The number of benzene rings is 2. The SMILES string of the molecule is C=Cc1ccc2cc(OCC(=O)OCCC(F)(F)F)ccc2c1. The molecule has 0 atom stereocenters. The van der Waals surface area contributed by atoms with Gasteiger partial charge in [0, 0.05) is 0 Å². The Balaban J connectivity index is 1.89. The van der Waals surface area contributed by atoms with Gasteiger partial charge in [-0.2, -0.15) is 13.2 Å². The Labute approximate surface area is 131 Å². The minimum Gasteiger partial charge on any atom is -0.482 e. The third kappa shape index (κ3) is 5.32. The van der Waals surface area contributed by atoms with Crippen LogP contribution < -0.4 is 4.74 Å². The van der Waals surface area contributed by atoms with Gasteiger partial charge in [-0.1, -0.05) is 30.9 Å². The lowest BCUT2D eigenvalue weighted by atomic mass is 10.1. The zero-order valence-corrected chi connectivity index (χ0v) is 12.2. The quantitative estimate of drug-likeness (QED) is 0.741. The van der Waals surface area contributed by atoms with E-state index in [9.17, 15) is 18.0 Å². The van der Waals surface area contributed by atoms with E-state index in [2.05, 4.69) is 11.3 Å². The Bertz CT molecular complexity index is 708. The van der Waals surface area contributed by atoms with Crippen LogP contribution in [-0.2, 0) is 9.53 Å². The summed E-state index contributed by atoms with van der Waals surface area (Å²) < 4.78 is 45.5. The fourth-order valence-corrected chi connectivity index (χ4v) is 1.92. The molecule has 2 rings (SSSR count). The van der Waals surface area contributed by atoms with Crippen LogP contribution in [0.3, 0.4) is 0 Å². The molecule has 0 saturated carbocycles. The highest BCUT2D eigenvalue weighted by Crippen LogP contribution is 2.22. The molecule has 0 bridgehead atoms. The van der Waals surface area contributed by atoms with Crippen LogP contribution in [0.5, 0.6) is 5.75 Å². The second kappa shape index (κ2) is 7.17. The van der Waals surface area contributed by atoms with E-state index in [1.165, 1.54) is 0 Å². The average molecular weight is 324 g/mol. The van der Waals surface area contributed by atoms with Crippen LogP contribution >= 0.6 is 0 Å². The second-order valence-electron chi connectivity index (χ2n) is 4.85. The van der Waals surface area contributed by atoms with Crippen LogP contribution in [0.2, 0.25) is 0 Å². The number of hydrogen-bond acceptors (Lipinski definition) is 3. The number of carbonyl (C=O) groups is 1. The molecule has 2 aromatic carbocycles. The number of esters is 1. The molecule has 0 radical (unpaired) electrons. The Morgan fingerprint density at radius 1 is 1.13 bits per heavy atom. The van der Waals surface area contributed by atoms with Crippen molar-refractivity contribution in [2.24, 2.45) is 0 Å². The van der Waals surface area contributed by atoms with Gasteiger partial charge in [-0.25, -0.2) is 4.79 Å². The van der Waals surface area contributed by atoms with Gasteiger partial charge in [0.05, 0.1) is 6.42 Å². The first-order valence-electron chi connectivity index (χ1n) is 6.89. The number of alkyl halides is 3. The number of fused-ring (bicyclic) bond motifs is 1. The lowest BCUT2D eigenvalue weighted by Crippen LogP contribution is -2.19. The van der Waals surface area contributed by atoms with E-state index in [-0.39, 0.29) is 0 Å². The lowest BCUT2D eigenvalue weighted by molar-refractivity contribution is -0.160. The summed E-state index contributed by atoms with van der Waals surface area (Å²) >= 11 is 0. The molecule has 0 spiro atoms. The van der Waals surface area contributed by atoms with Crippen molar-refractivity contribution in [1.82, 2.24) is 0 Å². The number of carbonyl (C=O) groups excluding carboxylic acids is 1. The van der Waals surface area contributed by atoms with Crippen molar-refractivity contribution in [2.75, 3.05) is 13.2 Å². The van der Waals surface area contributed by atoms with Gasteiger partial charge in [-0.15, -0.1) is 0 Å². The maximum atomic E-state index is 11.9. The van der Waals surface area contributed by atoms with Gasteiger partial charge >= 0.3 is 12.1 Å². The summed E-state index contributed by atoms with van der Waals surface area (Å²) in [5.41, 5.74) is 0.986. The van der Waals surface area contributed by atoms with Crippen molar-refractivity contribution in [3.05, 3.63) is 48.5 Å². The van der Waals surface area contributed by atoms with Gasteiger partial charge in [0.25, 0.3) is 0 Å². The normalized spacial score (nSPS) is 11.3. The molecular formula is C17H15F3O3. The summed E-state index contributed by atoms with van der Waals surface area (Å²) in [5.74, 6) is -0.395. The van der Waals surface area contributed by atoms with E-state index in [0.717, 1.165) is 16.3 Å². The van der Waals surface area contributed by atoms with E-state index in [1.54, 1.807) is 18.2 Å². The fraction of sp³-hybridized carbons (Fsp3) is 0.235. The van der Waals surface area contributed by atoms with Crippen molar-refractivity contribution in [1.29, 1.82) is 0 Å². The molecule has 0 amide bonds. The third-order valence-electron chi connectivity index (χ3n) is 3.08. The predicted octanol–water partition coefficient (Wildman–Crippen LogP) is 4.36. The van der Waals surface area contributed by atoms with Gasteiger partial charge in [0.15, 0.2) is 6.61 Å². The van der Waals surface area contributed by atoms with E-state index < -0.39 is 31.8 Å². The molecule has 3 nitrogen and oxygen atoms in total. The van der Waals surface area contributed by atoms with Crippen molar-refractivity contribution >= 4 is 22.8 Å². The highest BCUT2D eigenvalue weighted by molar-refractivity contribution is 5.86. The molecule has 0 fully saturated rings. The number of halogens is 3. The topological polar surface area (TPSA) is 35.5 Å².